The quantitative estimate of drug-likeness (QED) is 0.165. The predicted molar refractivity (Wildman–Crippen MR) is 415 cm³/mol. The molecule has 478 valence electrons. The fourth-order valence-electron chi connectivity index (χ4n) is 14.5. The molecule has 0 N–H and O–H groups in total. The average Bonchev–Trinajstić information content (AvgIpc) is 1.51. The van der Waals surface area contributed by atoms with Crippen molar-refractivity contribution in [3.05, 3.63) is 390 Å². The number of rotatable bonds is 3. The lowest BCUT2D eigenvalue weighted by atomic mass is 9.70. The van der Waals surface area contributed by atoms with Crippen LogP contribution < -0.4 is 0 Å². The van der Waals surface area contributed by atoms with E-state index in [2.05, 4.69) is 390 Å². The Kier molecular flexibility index (Phi) is 20.2. The zero-order valence-electron chi connectivity index (χ0n) is 59.6. The van der Waals surface area contributed by atoms with Gasteiger partial charge in [-0.25, -0.2) is 0 Å². The monoisotopic (exact) mass is 1250 g/mol. The van der Waals surface area contributed by atoms with Crippen molar-refractivity contribution in [2.24, 2.45) is 0 Å². The fourth-order valence-corrected chi connectivity index (χ4v) is 14.5. The first kappa shape index (κ1) is 67.3. The third kappa shape index (κ3) is 14.0. The summed E-state index contributed by atoms with van der Waals surface area (Å²) in [5.41, 5.74) is 43.6. The van der Waals surface area contributed by atoms with Gasteiger partial charge in [0.15, 0.2) is 0 Å². The molecule has 0 radical (unpaired) electrons. The lowest BCUT2D eigenvalue weighted by Crippen LogP contribution is -2.26. The second kappa shape index (κ2) is 28.8. The Balaban J connectivity index is 0.000000121. The van der Waals surface area contributed by atoms with Gasteiger partial charge < -0.3 is 0 Å². The molecule has 16 rings (SSSR count). The van der Waals surface area contributed by atoms with Crippen molar-refractivity contribution in [3.8, 4) is 66.8 Å². The summed E-state index contributed by atoms with van der Waals surface area (Å²) in [6, 6.07) is 101. The Morgan fingerprint density at radius 1 is 0.167 bits per heavy atom. The molecule has 0 saturated carbocycles. The van der Waals surface area contributed by atoms with E-state index in [1.165, 1.54) is 178 Å². The molecule has 0 bridgehead atoms. The molecule has 0 aliphatic heterocycles. The van der Waals surface area contributed by atoms with Gasteiger partial charge in [-0.1, -0.05) is 332 Å². The molecular weight excluding hydrogens is 1150 g/mol. The van der Waals surface area contributed by atoms with Crippen molar-refractivity contribution in [3.63, 3.8) is 0 Å². The van der Waals surface area contributed by atoms with E-state index in [9.17, 15) is 0 Å². The van der Waals surface area contributed by atoms with E-state index in [1.807, 2.05) is 0 Å². The predicted octanol–water partition coefficient (Wildman–Crippen LogP) is 26.1. The number of aryl methyl sites for hydroxylation is 14. The Morgan fingerprint density at radius 2 is 0.448 bits per heavy atom. The molecule has 0 saturated heterocycles. The summed E-state index contributed by atoms with van der Waals surface area (Å²) < 4.78 is 0. The van der Waals surface area contributed by atoms with Crippen LogP contribution in [-0.4, -0.2) is 0 Å². The maximum atomic E-state index is 2.41. The normalized spacial score (nSPS) is 12.3. The summed E-state index contributed by atoms with van der Waals surface area (Å²) in [6.45, 7) is 34.8. The van der Waals surface area contributed by atoms with Crippen LogP contribution >= 0.6 is 0 Å². The Bertz CT molecular complexity index is 4650. The standard InChI is InChI=1S/C27H20.C17H18.3C14H14.C10H14/c1-17-11-13-21-22-14-12-18(2)16-26(22)27(25(21)15-17)23-9-5-3-7-19(23)20-8-4-6-10-24(20)27;1-11-5-7-13-14-8-6-12(2)10-16(14)17(3,4)15(13)9-11;1-11-5-3-7-13(9-11)14-8-4-6-12(2)10-14;1-11-7-3-5-9-13(11)14-10-6-4-8-12(14)2;1-11-7-9-13(10-8-11)14-6-4-3-5-12(14)2;1-7-5-9(3)10(4)6-8(7)2/h3-16H,1-2H3;5-10H,1-4H3;3*3-10H,1-2H3;5-6H,1-4H3. The van der Waals surface area contributed by atoms with E-state index < -0.39 is 0 Å². The van der Waals surface area contributed by atoms with Crippen molar-refractivity contribution < 1.29 is 0 Å². The Hall–Kier alpha value is -10.1. The summed E-state index contributed by atoms with van der Waals surface area (Å²) in [4.78, 5) is 0. The summed E-state index contributed by atoms with van der Waals surface area (Å²) in [5, 5.41) is 0. The third-order valence-corrected chi connectivity index (χ3v) is 20.0. The highest BCUT2D eigenvalue weighted by Gasteiger charge is 2.51. The fraction of sp³-hybridized carbons (Fsp3) is 0.188. The van der Waals surface area contributed by atoms with Gasteiger partial charge >= 0.3 is 0 Å². The number of fused-ring (bicyclic) bond motifs is 13. The molecule has 0 aromatic heterocycles. The number of hydrogen-bond acceptors (Lipinski definition) is 0. The first-order valence-electron chi connectivity index (χ1n) is 34.2. The molecule has 96 heavy (non-hydrogen) atoms. The van der Waals surface area contributed by atoms with Gasteiger partial charge in [0.05, 0.1) is 5.41 Å². The number of benzene rings is 13. The molecule has 0 fully saturated rings. The van der Waals surface area contributed by atoms with E-state index >= 15 is 0 Å². The largest absolute Gasteiger partial charge is 0.0725 e. The molecular formula is C96H94. The molecule has 3 aliphatic carbocycles. The van der Waals surface area contributed by atoms with Crippen molar-refractivity contribution in [2.75, 3.05) is 0 Å². The second-order valence-electron chi connectivity index (χ2n) is 27.7. The highest BCUT2D eigenvalue weighted by atomic mass is 14.5. The first-order valence-corrected chi connectivity index (χ1v) is 34.2. The van der Waals surface area contributed by atoms with Crippen LogP contribution in [0.4, 0.5) is 0 Å². The van der Waals surface area contributed by atoms with E-state index in [1.54, 1.807) is 0 Å². The maximum absolute atomic E-state index is 2.41. The molecule has 1 spiro atoms. The smallest absolute Gasteiger partial charge is 0.0620 e. The molecule has 0 amide bonds. The van der Waals surface area contributed by atoms with Crippen LogP contribution in [0.15, 0.2) is 279 Å². The van der Waals surface area contributed by atoms with Gasteiger partial charge in [-0.2, -0.15) is 0 Å². The van der Waals surface area contributed by atoms with Crippen LogP contribution in [0.2, 0.25) is 0 Å². The highest BCUT2D eigenvalue weighted by molar-refractivity contribution is 5.95. The molecule has 13 aromatic carbocycles. The van der Waals surface area contributed by atoms with Crippen LogP contribution in [-0.2, 0) is 10.8 Å². The van der Waals surface area contributed by atoms with Crippen LogP contribution in [0.1, 0.15) is 125 Å². The minimum absolute atomic E-state index is 0.142. The number of hydrogen-bond donors (Lipinski definition) is 0. The second-order valence-corrected chi connectivity index (χ2v) is 27.7. The first-order chi connectivity index (χ1) is 46.1. The van der Waals surface area contributed by atoms with Gasteiger partial charge in [0.2, 0.25) is 0 Å². The van der Waals surface area contributed by atoms with Crippen molar-refractivity contribution in [1.29, 1.82) is 0 Å². The van der Waals surface area contributed by atoms with Crippen LogP contribution in [0.5, 0.6) is 0 Å². The van der Waals surface area contributed by atoms with Crippen LogP contribution in [0, 0.1) is 96.9 Å². The molecule has 0 nitrogen and oxygen atoms in total. The third-order valence-electron chi connectivity index (χ3n) is 20.0. The SMILES string of the molecule is Cc1cc(C)c(C)cc1C.Cc1ccc(-c2ccccc2C)cc1.Cc1ccc2c(c1)C(C)(C)c1cc(C)ccc1-2.Cc1ccc2c(c1)C1(c3ccccc3-c3ccccc31)c1cc(C)ccc1-2.Cc1cccc(-c2cccc(C)c2)c1.Cc1ccccc1-c1ccccc1C. The van der Waals surface area contributed by atoms with Crippen LogP contribution in [0.3, 0.4) is 0 Å². The summed E-state index contributed by atoms with van der Waals surface area (Å²) >= 11 is 0. The zero-order valence-corrected chi connectivity index (χ0v) is 59.6. The molecule has 0 heteroatoms. The molecule has 0 unspecified atom stereocenters. The van der Waals surface area contributed by atoms with Gasteiger partial charge in [-0.05, 0) is 236 Å². The van der Waals surface area contributed by atoms with E-state index in [0.717, 1.165) is 0 Å². The van der Waals surface area contributed by atoms with Gasteiger partial charge in [-0.3, -0.25) is 0 Å². The topological polar surface area (TPSA) is 0 Å². The van der Waals surface area contributed by atoms with Crippen LogP contribution in [0.25, 0.3) is 66.8 Å². The molecule has 0 heterocycles. The summed E-state index contributed by atoms with van der Waals surface area (Å²) in [6.07, 6.45) is 0. The lowest BCUT2D eigenvalue weighted by molar-refractivity contribution is 0.659. The van der Waals surface area contributed by atoms with E-state index in [0.29, 0.717) is 0 Å². The van der Waals surface area contributed by atoms with Crippen molar-refractivity contribution in [1.82, 2.24) is 0 Å². The molecule has 13 aromatic rings. The van der Waals surface area contributed by atoms with E-state index in [4.69, 9.17) is 0 Å². The Morgan fingerprint density at radius 3 is 0.802 bits per heavy atom. The van der Waals surface area contributed by atoms with E-state index in [-0.39, 0.29) is 10.8 Å². The summed E-state index contributed by atoms with van der Waals surface area (Å²) in [7, 11) is 0. The summed E-state index contributed by atoms with van der Waals surface area (Å²) in [5.74, 6) is 0. The average molecular weight is 1250 g/mol. The minimum atomic E-state index is -0.199. The lowest BCUT2D eigenvalue weighted by Gasteiger charge is -2.30. The maximum Gasteiger partial charge on any atom is 0.0725 e. The van der Waals surface area contributed by atoms with Gasteiger partial charge in [0.25, 0.3) is 0 Å². The Labute approximate surface area is 575 Å². The minimum Gasteiger partial charge on any atom is -0.0620 e. The van der Waals surface area contributed by atoms with Crippen molar-refractivity contribution >= 4 is 0 Å². The van der Waals surface area contributed by atoms with Gasteiger partial charge in [0, 0.05) is 5.41 Å². The van der Waals surface area contributed by atoms with Gasteiger partial charge in [0.1, 0.15) is 0 Å². The zero-order chi connectivity index (χ0) is 68.0. The highest BCUT2D eigenvalue weighted by Crippen LogP contribution is 2.63. The van der Waals surface area contributed by atoms with Gasteiger partial charge in [-0.15, -0.1) is 0 Å². The van der Waals surface area contributed by atoms with Crippen molar-refractivity contribution in [2.45, 2.75) is 122 Å². The molecule has 0 atom stereocenters. The molecule has 3 aliphatic rings.